The van der Waals surface area contributed by atoms with E-state index in [4.69, 9.17) is 4.74 Å². The molecule has 0 aliphatic heterocycles. The van der Waals surface area contributed by atoms with Crippen molar-refractivity contribution >= 4 is 17.1 Å². The predicted molar refractivity (Wildman–Crippen MR) is 97.2 cm³/mol. The topological polar surface area (TPSA) is 12.5 Å². The summed E-state index contributed by atoms with van der Waals surface area (Å²) >= 11 is 0. The summed E-state index contributed by atoms with van der Waals surface area (Å²) in [7, 11) is 1.70. The van der Waals surface area contributed by atoms with Crippen molar-refractivity contribution in [2.75, 3.05) is 12.0 Å². The summed E-state index contributed by atoms with van der Waals surface area (Å²) in [5.74, 6) is 0.878. The van der Waals surface area contributed by atoms with Gasteiger partial charge in [0.15, 0.2) is 0 Å². The van der Waals surface area contributed by atoms with E-state index in [1.165, 1.54) is 11.1 Å². The van der Waals surface area contributed by atoms with Gasteiger partial charge in [-0.2, -0.15) is 0 Å². The van der Waals surface area contributed by atoms with Gasteiger partial charge in [0.25, 0.3) is 0 Å². The van der Waals surface area contributed by atoms with Crippen LogP contribution in [-0.4, -0.2) is 7.11 Å². The maximum absolute atomic E-state index is 5.34. The van der Waals surface area contributed by atoms with E-state index in [2.05, 4.69) is 79.4 Å². The van der Waals surface area contributed by atoms with Gasteiger partial charge in [-0.1, -0.05) is 35.9 Å². The molecule has 3 aromatic carbocycles. The Labute approximate surface area is 138 Å². The van der Waals surface area contributed by atoms with Crippen LogP contribution in [0.1, 0.15) is 11.1 Å². The number of para-hydroxylation sites is 1. The molecule has 0 amide bonds. The van der Waals surface area contributed by atoms with Crippen LogP contribution in [0.2, 0.25) is 0 Å². The Morgan fingerprint density at radius 1 is 0.739 bits per heavy atom. The molecule has 0 bridgehead atoms. The molecular formula is C21H21NO. The molecule has 0 aliphatic carbocycles. The van der Waals surface area contributed by atoms with Crippen LogP contribution in [0.4, 0.5) is 17.1 Å². The number of methoxy groups -OCH3 is 1. The Morgan fingerprint density at radius 2 is 1.39 bits per heavy atom. The lowest BCUT2D eigenvalue weighted by atomic mass is 10.1. The fourth-order valence-corrected chi connectivity index (χ4v) is 2.70. The molecule has 0 spiro atoms. The number of hydrogen-bond donors (Lipinski definition) is 0. The van der Waals surface area contributed by atoms with Gasteiger partial charge in [-0.15, -0.1) is 0 Å². The average Bonchev–Trinajstić information content (AvgIpc) is 2.59. The van der Waals surface area contributed by atoms with Crippen LogP contribution in [-0.2, 0) is 0 Å². The van der Waals surface area contributed by atoms with Gasteiger partial charge in [-0.25, -0.2) is 0 Å². The largest absolute Gasteiger partial charge is 0.497 e. The number of rotatable bonds is 4. The van der Waals surface area contributed by atoms with E-state index in [9.17, 15) is 0 Å². The zero-order valence-electron chi connectivity index (χ0n) is 13.8. The minimum atomic E-state index is 0.878. The highest BCUT2D eigenvalue weighted by molar-refractivity contribution is 5.78. The molecule has 0 saturated heterocycles. The maximum atomic E-state index is 5.34. The predicted octanol–water partition coefficient (Wildman–Crippen LogP) is 5.78. The summed E-state index contributed by atoms with van der Waals surface area (Å²) in [4.78, 5) is 2.27. The fraction of sp³-hybridized carbons (Fsp3) is 0.143. The van der Waals surface area contributed by atoms with Gasteiger partial charge in [0, 0.05) is 17.1 Å². The molecule has 0 saturated carbocycles. The van der Waals surface area contributed by atoms with Gasteiger partial charge in [0.2, 0.25) is 0 Å². The van der Waals surface area contributed by atoms with Crippen LogP contribution in [0.5, 0.6) is 5.75 Å². The number of ether oxygens (including phenoxy) is 1. The highest BCUT2D eigenvalue weighted by Gasteiger charge is 2.14. The molecule has 0 aromatic heterocycles. The van der Waals surface area contributed by atoms with Crippen LogP contribution < -0.4 is 9.64 Å². The monoisotopic (exact) mass is 303 g/mol. The van der Waals surface area contributed by atoms with E-state index < -0.39 is 0 Å². The summed E-state index contributed by atoms with van der Waals surface area (Å²) < 4.78 is 5.34. The summed E-state index contributed by atoms with van der Waals surface area (Å²) in [5, 5.41) is 0. The van der Waals surface area contributed by atoms with E-state index in [0.717, 1.165) is 22.8 Å². The van der Waals surface area contributed by atoms with Crippen molar-refractivity contribution in [3.63, 3.8) is 0 Å². The molecule has 0 radical (unpaired) electrons. The first-order chi connectivity index (χ1) is 11.2. The summed E-state index contributed by atoms with van der Waals surface area (Å²) in [6.45, 7) is 4.22. The Balaban J connectivity index is 2.14. The van der Waals surface area contributed by atoms with Crippen molar-refractivity contribution in [1.29, 1.82) is 0 Å². The van der Waals surface area contributed by atoms with Crippen LogP contribution in [0.15, 0.2) is 72.8 Å². The minimum Gasteiger partial charge on any atom is -0.497 e. The fourth-order valence-electron chi connectivity index (χ4n) is 2.70. The van der Waals surface area contributed by atoms with E-state index >= 15 is 0 Å². The molecule has 3 aromatic rings. The van der Waals surface area contributed by atoms with Crippen molar-refractivity contribution in [2.45, 2.75) is 13.8 Å². The minimum absolute atomic E-state index is 0.878. The Morgan fingerprint density at radius 3 is 2.00 bits per heavy atom. The molecule has 0 aliphatic rings. The number of nitrogens with zero attached hydrogens (tertiary/aromatic N) is 1. The van der Waals surface area contributed by atoms with Gasteiger partial charge in [-0.05, 0) is 61.9 Å². The Kier molecular flexibility index (Phi) is 4.33. The quantitative estimate of drug-likeness (QED) is 0.605. The lowest BCUT2D eigenvalue weighted by molar-refractivity contribution is 0.414. The molecule has 0 N–H and O–H groups in total. The van der Waals surface area contributed by atoms with E-state index in [0.29, 0.717) is 0 Å². The first-order valence-electron chi connectivity index (χ1n) is 7.75. The second-order valence-electron chi connectivity index (χ2n) is 5.66. The zero-order valence-corrected chi connectivity index (χ0v) is 13.8. The molecule has 116 valence electrons. The van der Waals surface area contributed by atoms with Crippen molar-refractivity contribution in [2.24, 2.45) is 0 Å². The lowest BCUT2D eigenvalue weighted by Gasteiger charge is -2.27. The molecule has 2 nitrogen and oxygen atoms in total. The normalized spacial score (nSPS) is 10.4. The summed E-state index contributed by atoms with van der Waals surface area (Å²) in [6, 6.07) is 25.2. The third-order valence-electron chi connectivity index (χ3n) is 3.95. The van der Waals surface area contributed by atoms with Crippen molar-refractivity contribution < 1.29 is 4.74 Å². The number of anilines is 3. The van der Waals surface area contributed by atoms with Gasteiger partial charge < -0.3 is 9.64 Å². The van der Waals surface area contributed by atoms with Gasteiger partial charge in [0.1, 0.15) is 5.75 Å². The highest BCUT2D eigenvalue weighted by Crippen LogP contribution is 2.37. The molecule has 23 heavy (non-hydrogen) atoms. The molecule has 2 heteroatoms. The summed E-state index contributed by atoms with van der Waals surface area (Å²) in [5.41, 5.74) is 5.88. The molecule has 0 unspecified atom stereocenters. The van der Waals surface area contributed by atoms with Crippen LogP contribution in [0, 0.1) is 13.8 Å². The van der Waals surface area contributed by atoms with Crippen LogP contribution in [0.3, 0.4) is 0 Å². The molecule has 0 heterocycles. The van der Waals surface area contributed by atoms with Crippen LogP contribution >= 0.6 is 0 Å². The van der Waals surface area contributed by atoms with Crippen molar-refractivity contribution in [3.05, 3.63) is 83.9 Å². The zero-order chi connectivity index (χ0) is 16.2. The Hall–Kier alpha value is -2.74. The van der Waals surface area contributed by atoms with Gasteiger partial charge in [0.05, 0.1) is 7.11 Å². The molecule has 0 fully saturated rings. The highest BCUT2D eigenvalue weighted by atomic mass is 16.5. The third-order valence-corrected chi connectivity index (χ3v) is 3.95. The first kappa shape index (κ1) is 15.2. The smallest absolute Gasteiger partial charge is 0.119 e. The number of aryl methyl sites for hydroxylation is 2. The SMILES string of the molecule is COc1ccc(N(c2ccccc2)c2ccc(C)cc2)c(C)c1. The number of benzene rings is 3. The number of hydrogen-bond acceptors (Lipinski definition) is 2. The second-order valence-corrected chi connectivity index (χ2v) is 5.66. The van der Waals surface area contributed by atoms with Gasteiger partial charge in [-0.3, -0.25) is 0 Å². The van der Waals surface area contributed by atoms with Crippen LogP contribution in [0.25, 0.3) is 0 Å². The van der Waals surface area contributed by atoms with E-state index in [-0.39, 0.29) is 0 Å². The first-order valence-corrected chi connectivity index (χ1v) is 7.75. The molecule has 3 rings (SSSR count). The standard InChI is InChI=1S/C21H21NO/c1-16-9-11-19(12-10-16)22(18-7-5-4-6-8-18)21-14-13-20(23-3)15-17(21)2/h4-15H,1-3H3. The third kappa shape index (κ3) is 3.21. The average molecular weight is 303 g/mol. The van der Waals surface area contributed by atoms with Gasteiger partial charge >= 0.3 is 0 Å². The molecule has 0 atom stereocenters. The van der Waals surface area contributed by atoms with Crippen molar-refractivity contribution in [3.8, 4) is 5.75 Å². The van der Waals surface area contributed by atoms with E-state index in [1.54, 1.807) is 7.11 Å². The molecular weight excluding hydrogens is 282 g/mol. The Bertz CT molecular complexity index is 779. The summed E-state index contributed by atoms with van der Waals surface area (Å²) in [6.07, 6.45) is 0. The van der Waals surface area contributed by atoms with E-state index in [1.807, 2.05) is 12.1 Å². The maximum Gasteiger partial charge on any atom is 0.119 e. The second kappa shape index (κ2) is 6.57. The van der Waals surface area contributed by atoms with Crippen molar-refractivity contribution in [1.82, 2.24) is 0 Å². The lowest BCUT2D eigenvalue weighted by Crippen LogP contribution is -2.11.